The minimum atomic E-state index is -0.612. The predicted molar refractivity (Wildman–Crippen MR) is 157 cm³/mol. The molecule has 0 fully saturated rings. The average Bonchev–Trinajstić information content (AvgIpc) is 3.17. The molecule has 0 saturated heterocycles. The summed E-state index contributed by atoms with van der Waals surface area (Å²) in [4.78, 5) is 36.4. The van der Waals surface area contributed by atoms with E-state index < -0.39 is 11.7 Å². The summed E-state index contributed by atoms with van der Waals surface area (Å²) in [7, 11) is 1.74. The number of nitrogens with zero attached hydrogens (tertiary/aromatic N) is 3. The zero-order valence-corrected chi connectivity index (χ0v) is 23.5. The molecule has 9 nitrogen and oxygen atoms in total. The van der Waals surface area contributed by atoms with Gasteiger partial charge in [0.2, 0.25) is 11.8 Å². The van der Waals surface area contributed by atoms with Crippen molar-refractivity contribution in [3.05, 3.63) is 78.0 Å². The molecule has 0 spiro atoms. The Labute approximate surface area is 233 Å². The minimum absolute atomic E-state index is 0.245. The van der Waals surface area contributed by atoms with E-state index in [-0.39, 0.29) is 11.3 Å². The number of hydrogen-bond donors (Lipinski definition) is 2. The average molecular weight is 540 g/mol. The number of ether oxygens (including phenoxy) is 2. The molecule has 4 aromatic rings. The third kappa shape index (κ3) is 5.54. The third-order valence-corrected chi connectivity index (χ3v) is 6.62. The maximum absolute atomic E-state index is 13.4. The number of rotatable bonds is 5. The summed E-state index contributed by atoms with van der Waals surface area (Å²) in [6.07, 6.45) is 1.21. The molecular formula is C31H33N5O4. The summed E-state index contributed by atoms with van der Waals surface area (Å²) in [6, 6.07) is 18.4. The number of anilines is 3. The topological polar surface area (TPSA) is 106 Å². The summed E-state index contributed by atoms with van der Waals surface area (Å²) in [5, 5.41) is 7.52. The van der Waals surface area contributed by atoms with Gasteiger partial charge in [-0.3, -0.25) is 9.69 Å². The lowest BCUT2D eigenvalue weighted by Gasteiger charge is -2.26. The van der Waals surface area contributed by atoms with Crippen molar-refractivity contribution in [3.63, 3.8) is 0 Å². The van der Waals surface area contributed by atoms with E-state index in [1.807, 2.05) is 63.2 Å². The molecule has 1 aliphatic rings. The fraction of sp³-hybridized carbons (Fsp3) is 0.290. The maximum Gasteiger partial charge on any atom is 0.414 e. The van der Waals surface area contributed by atoms with Crippen molar-refractivity contribution in [3.8, 4) is 11.6 Å². The van der Waals surface area contributed by atoms with Gasteiger partial charge in [-0.2, -0.15) is 4.98 Å². The van der Waals surface area contributed by atoms with Crippen LogP contribution in [0.25, 0.3) is 10.8 Å². The highest BCUT2D eigenvalue weighted by Crippen LogP contribution is 2.42. The summed E-state index contributed by atoms with van der Waals surface area (Å²) in [5.41, 5.74) is 2.02. The van der Waals surface area contributed by atoms with Crippen molar-refractivity contribution < 1.29 is 19.1 Å². The number of benzene rings is 3. The summed E-state index contributed by atoms with van der Waals surface area (Å²) < 4.78 is 11.6. The smallest absolute Gasteiger partial charge is 0.414 e. The first-order valence-electron chi connectivity index (χ1n) is 13.1. The van der Waals surface area contributed by atoms with E-state index in [1.54, 1.807) is 36.3 Å². The van der Waals surface area contributed by atoms with Crippen molar-refractivity contribution in [1.29, 1.82) is 0 Å². The van der Waals surface area contributed by atoms with Gasteiger partial charge in [-0.1, -0.05) is 32.0 Å². The summed E-state index contributed by atoms with van der Waals surface area (Å²) in [5.74, 6) is 1.21. The number of nitrogens with one attached hydrogen (secondary N) is 2. The van der Waals surface area contributed by atoms with Crippen molar-refractivity contribution in [2.75, 3.05) is 29.1 Å². The number of carbonyl (C=O) groups is 2. The highest BCUT2D eigenvalue weighted by atomic mass is 16.6. The van der Waals surface area contributed by atoms with E-state index in [2.05, 4.69) is 34.4 Å². The minimum Gasteiger partial charge on any atom is -0.443 e. The van der Waals surface area contributed by atoms with Crippen molar-refractivity contribution in [1.82, 2.24) is 9.97 Å². The van der Waals surface area contributed by atoms with Gasteiger partial charge in [0.15, 0.2) is 0 Å². The molecule has 0 unspecified atom stereocenters. The summed E-state index contributed by atoms with van der Waals surface area (Å²) in [6.45, 7) is 10.2. The Morgan fingerprint density at radius 3 is 2.58 bits per heavy atom. The third-order valence-electron chi connectivity index (χ3n) is 6.62. The zero-order valence-electron chi connectivity index (χ0n) is 23.5. The van der Waals surface area contributed by atoms with Crippen LogP contribution in [-0.4, -0.2) is 41.2 Å². The molecule has 40 heavy (non-hydrogen) atoms. The second-order valence-corrected chi connectivity index (χ2v) is 11.4. The Kier molecular flexibility index (Phi) is 6.83. The Morgan fingerprint density at radius 2 is 1.82 bits per heavy atom. The van der Waals surface area contributed by atoms with Crippen LogP contribution >= 0.6 is 0 Å². The van der Waals surface area contributed by atoms with Crippen LogP contribution in [0.5, 0.6) is 11.6 Å². The molecule has 0 atom stereocenters. The lowest BCUT2D eigenvalue weighted by atomic mass is 9.87. The molecule has 0 aliphatic carbocycles. The molecule has 206 valence electrons. The van der Waals surface area contributed by atoms with Gasteiger partial charge in [0.1, 0.15) is 11.4 Å². The van der Waals surface area contributed by atoms with Crippen LogP contribution in [0.4, 0.5) is 22.1 Å². The molecule has 5 rings (SSSR count). The van der Waals surface area contributed by atoms with Gasteiger partial charge in [0, 0.05) is 42.5 Å². The van der Waals surface area contributed by atoms with E-state index >= 15 is 0 Å². The van der Waals surface area contributed by atoms with Crippen molar-refractivity contribution in [2.45, 2.75) is 45.6 Å². The van der Waals surface area contributed by atoms with Gasteiger partial charge in [-0.25, -0.2) is 9.78 Å². The molecule has 0 bridgehead atoms. The van der Waals surface area contributed by atoms with Gasteiger partial charge in [0.05, 0.1) is 5.69 Å². The highest BCUT2D eigenvalue weighted by Gasteiger charge is 2.40. The van der Waals surface area contributed by atoms with Gasteiger partial charge < -0.3 is 20.1 Å². The van der Waals surface area contributed by atoms with E-state index in [9.17, 15) is 9.59 Å². The molecule has 2 heterocycles. The maximum atomic E-state index is 13.4. The van der Waals surface area contributed by atoms with Crippen LogP contribution in [0.3, 0.4) is 0 Å². The lowest BCUT2D eigenvalue weighted by molar-refractivity contribution is 0.0579. The van der Waals surface area contributed by atoms with Crippen LogP contribution in [0.1, 0.15) is 50.5 Å². The molecule has 9 heteroatoms. The molecule has 2 N–H and O–H groups in total. The summed E-state index contributed by atoms with van der Waals surface area (Å²) >= 11 is 0. The van der Waals surface area contributed by atoms with Crippen molar-refractivity contribution in [2.24, 2.45) is 0 Å². The van der Waals surface area contributed by atoms with E-state index in [0.717, 1.165) is 22.0 Å². The first-order valence-corrected chi connectivity index (χ1v) is 13.1. The van der Waals surface area contributed by atoms with Gasteiger partial charge in [-0.15, -0.1) is 0 Å². The molecule has 0 saturated carbocycles. The Bertz CT molecular complexity index is 1610. The molecular weight excluding hydrogens is 506 g/mol. The second-order valence-electron chi connectivity index (χ2n) is 11.4. The van der Waals surface area contributed by atoms with E-state index in [0.29, 0.717) is 35.4 Å². The number of fused-ring (bicyclic) bond motifs is 2. The first kappa shape index (κ1) is 26.9. The Hall–Kier alpha value is -4.66. The van der Waals surface area contributed by atoms with Crippen molar-refractivity contribution >= 4 is 40.1 Å². The molecule has 1 aliphatic heterocycles. The van der Waals surface area contributed by atoms with Crippen LogP contribution in [0, 0.1) is 0 Å². The fourth-order valence-electron chi connectivity index (χ4n) is 4.81. The van der Waals surface area contributed by atoms with E-state index in [1.165, 1.54) is 0 Å². The van der Waals surface area contributed by atoms with Gasteiger partial charge in [0.25, 0.3) is 5.91 Å². The second kappa shape index (κ2) is 10.1. The number of carbonyl (C=O) groups excluding carboxylic acids is 2. The molecule has 2 amide bonds. The van der Waals surface area contributed by atoms with Gasteiger partial charge in [-0.05, 0) is 73.5 Å². The fourth-order valence-corrected chi connectivity index (χ4v) is 4.81. The van der Waals surface area contributed by atoms with Gasteiger partial charge >= 0.3 is 6.09 Å². The number of hydrogen-bond acceptors (Lipinski definition) is 7. The SMILES string of the molecule is CNc1nccc(Oc2ccc3c(C(=O)Nc4ccc5c(c4)N(C(=O)OC(C)(C)C)CC5(C)C)cccc3c2)n1. The van der Waals surface area contributed by atoms with E-state index in [4.69, 9.17) is 9.47 Å². The molecule has 0 radical (unpaired) electrons. The molecule has 1 aromatic heterocycles. The largest absolute Gasteiger partial charge is 0.443 e. The Morgan fingerprint density at radius 1 is 1.02 bits per heavy atom. The van der Waals surface area contributed by atoms with Crippen LogP contribution in [0.15, 0.2) is 66.9 Å². The first-order chi connectivity index (χ1) is 18.9. The zero-order chi connectivity index (χ0) is 28.7. The van der Waals surface area contributed by atoms with Crippen LogP contribution in [-0.2, 0) is 10.2 Å². The number of amides is 2. The standard InChI is InChI=1S/C31H33N5O4/c1-30(2,3)40-29(38)36-18-31(4,5)24-13-10-20(17-25(24)36)34-27(37)23-9-7-8-19-16-21(11-12-22(19)23)39-26-14-15-33-28(32-6)35-26/h7-17H,18H2,1-6H3,(H,34,37)(H,32,33,35). The quantitative estimate of drug-likeness (QED) is 0.289. The predicted octanol–water partition coefficient (Wildman–Crippen LogP) is 6.75. The Balaban J connectivity index is 1.39. The monoisotopic (exact) mass is 539 g/mol. The normalized spacial score (nSPS) is 14.0. The van der Waals surface area contributed by atoms with Crippen LogP contribution in [0.2, 0.25) is 0 Å². The lowest BCUT2D eigenvalue weighted by Crippen LogP contribution is -2.38. The molecule has 3 aromatic carbocycles. The highest BCUT2D eigenvalue weighted by molar-refractivity contribution is 6.13. The number of aromatic nitrogens is 2. The van der Waals surface area contributed by atoms with Crippen LogP contribution < -0.4 is 20.3 Å².